The van der Waals surface area contributed by atoms with Crippen molar-refractivity contribution in [1.29, 1.82) is 0 Å². The van der Waals surface area contributed by atoms with Crippen LogP contribution >= 0.6 is 0 Å². The van der Waals surface area contributed by atoms with Crippen molar-refractivity contribution < 1.29 is 18.7 Å². The monoisotopic (exact) mass is 228 g/mol. The van der Waals surface area contributed by atoms with Crippen molar-refractivity contribution in [1.82, 2.24) is 0 Å². The van der Waals surface area contributed by atoms with Crippen molar-refractivity contribution >= 4 is 11.6 Å². The topological polar surface area (TPSA) is 66.6 Å². The molecule has 0 spiro atoms. The number of carbonyl (C=O) groups excluding carboxylic acids is 1. The van der Waals surface area contributed by atoms with Gasteiger partial charge in [0.05, 0.1) is 12.3 Å². The molecule has 1 unspecified atom stereocenters. The van der Waals surface area contributed by atoms with E-state index in [0.717, 1.165) is 11.0 Å². The molecule has 0 saturated heterocycles. The summed E-state index contributed by atoms with van der Waals surface area (Å²) in [4.78, 5) is 12.7. The molecule has 4 nitrogen and oxygen atoms in total. The number of halogens is 2. The van der Waals surface area contributed by atoms with Crippen molar-refractivity contribution in [3.63, 3.8) is 0 Å². The Kier molecular flexibility index (Phi) is 2.61. The molecule has 1 aromatic carbocycles. The number of aliphatic hydroxyl groups excluding tert-OH is 1. The highest BCUT2D eigenvalue weighted by Crippen LogP contribution is 2.36. The van der Waals surface area contributed by atoms with Crippen LogP contribution in [0.25, 0.3) is 0 Å². The van der Waals surface area contributed by atoms with Crippen molar-refractivity contribution in [3.05, 3.63) is 29.3 Å². The number of amides is 1. The molecule has 16 heavy (non-hydrogen) atoms. The SMILES string of the molecule is NC1C(=O)N(CCO)c2c(F)cc(F)cc21. The van der Waals surface area contributed by atoms with Crippen molar-refractivity contribution in [2.75, 3.05) is 18.1 Å². The van der Waals surface area contributed by atoms with E-state index in [9.17, 15) is 13.6 Å². The minimum Gasteiger partial charge on any atom is -0.395 e. The van der Waals surface area contributed by atoms with Crippen LogP contribution in [0, 0.1) is 11.6 Å². The summed E-state index contributed by atoms with van der Waals surface area (Å²) < 4.78 is 26.5. The Balaban J connectivity index is 2.56. The number of hydrogen-bond acceptors (Lipinski definition) is 3. The predicted molar refractivity (Wildman–Crippen MR) is 52.7 cm³/mol. The highest BCUT2D eigenvalue weighted by molar-refractivity contribution is 6.04. The van der Waals surface area contributed by atoms with E-state index in [1.54, 1.807) is 0 Å². The summed E-state index contributed by atoms with van der Waals surface area (Å²) in [5.41, 5.74) is 5.63. The lowest BCUT2D eigenvalue weighted by Gasteiger charge is -2.16. The second-order valence-electron chi connectivity index (χ2n) is 3.52. The molecule has 1 aliphatic rings. The van der Waals surface area contributed by atoms with Crippen LogP contribution in [0.2, 0.25) is 0 Å². The maximum Gasteiger partial charge on any atom is 0.248 e. The van der Waals surface area contributed by atoms with Gasteiger partial charge in [-0.05, 0) is 6.07 Å². The number of carbonyl (C=O) groups is 1. The minimum atomic E-state index is -1.06. The lowest BCUT2D eigenvalue weighted by Crippen LogP contribution is -2.34. The normalized spacial score (nSPS) is 19.1. The molecule has 0 saturated carbocycles. The summed E-state index contributed by atoms with van der Waals surface area (Å²) in [6, 6.07) is 0.666. The van der Waals surface area contributed by atoms with Gasteiger partial charge >= 0.3 is 0 Å². The molecule has 1 atom stereocenters. The summed E-state index contributed by atoms with van der Waals surface area (Å²) in [6.07, 6.45) is 0. The maximum absolute atomic E-state index is 13.5. The molecule has 2 rings (SSSR count). The lowest BCUT2D eigenvalue weighted by molar-refractivity contribution is -0.119. The van der Waals surface area contributed by atoms with Crippen LogP contribution in [-0.4, -0.2) is 24.2 Å². The van der Waals surface area contributed by atoms with Crippen LogP contribution in [0.5, 0.6) is 0 Å². The number of hydrogen-bond donors (Lipinski definition) is 2. The van der Waals surface area contributed by atoms with E-state index in [0.29, 0.717) is 6.07 Å². The van der Waals surface area contributed by atoms with Crippen molar-refractivity contribution in [3.8, 4) is 0 Å². The molecular formula is C10H10F2N2O2. The number of fused-ring (bicyclic) bond motifs is 1. The van der Waals surface area contributed by atoms with Gasteiger partial charge in [0.25, 0.3) is 0 Å². The zero-order chi connectivity index (χ0) is 11.9. The number of nitrogens with two attached hydrogens (primary N) is 1. The number of aliphatic hydroxyl groups is 1. The number of β-amino-alcohol motifs (C(OH)–C–C–N with tert-alkyl or cyclic N) is 1. The highest BCUT2D eigenvalue weighted by Gasteiger charge is 2.37. The second kappa shape index (κ2) is 3.80. The first-order valence-electron chi connectivity index (χ1n) is 4.73. The summed E-state index contributed by atoms with van der Waals surface area (Å²) in [7, 11) is 0. The van der Waals surface area contributed by atoms with E-state index >= 15 is 0 Å². The summed E-state index contributed by atoms with van der Waals surface area (Å²) in [5.74, 6) is -2.15. The molecular weight excluding hydrogens is 218 g/mol. The molecule has 0 aromatic heterocycles. The van der Waals surface area contributed by atoms with Gasteiger partial charge in [0, 0.05) is 18.2 Å². The molecule has 1 aliphatic heterocycles. The average Bonchev–Trinajstić information content (AvgIpc) is 2.44. The minimum absolute atomic E-state index is 0.0343. The van der Waals surface area contributed by atoms with E-state index in [1.165, 1.54) is 0 Å². The van der Waals surface area contributed by atoms with E-state index in [1.807, 2.05) is 0 Å². The Morgan fingerprint density at radius 3 is 2.75 bits per heavy atom. The van der Waals surface area contributed by atoms with Gasteiger partial charge in [-0.2, -0.15) is 0 Å². The van der Waals surface area contributed by atoms with Gasteiger partial charge in [-0.1, -0.05) is 0 Å². The van der Waals surface area contributed by atoms with Gasteiger partial charge in [-0.15, -0.1) is 0 Å². The Hall–Kier alpha value is -1.53. The smallest absolute Gasteiger partial charge is 0.248 e. The highest BCUT2D eigenvalue weighted by atomic mass is 19.1. The predicted octanol–water partition coefficient (Wildman–Crippen LogP) is 0.304. The maximum atomic E-state index is 13.5. The fraction of sp³-hybridized carbons (Fsp3) is 0.300. The van der Waals surface area contributed by atoms with Crippen LogP contribution in [0.15, 0.2) is 12.1 Å². The third-order valence-electron chi connectivity index (χ3n) is 2.52. The Bertz CT molecular complexity index is 451. The third kappa shape index (κ3) is 1.46. The van der Waals surface area contributed by atoms with Gasteiger partial charge in [-0.25, -0.2) is 8.78 Å². The van der Waals surface area contributed by atoms with Crippen LogP contribution in [0.4, 0.5) is 14.5 Å². The number of rotatable bonds is 2. The van der Waals surface area contributed by atoms with Crippen molar-refractivity contribution in [2.24, 2.45) is 5.73 Å². The molecule has 86 valence electrons. The summed E-state index contributed by atoms with van der Waals surface area (Å²) >= 11 is 0. The van der Waals surface area contributed by atoms with Crippen LogP contribution in [0.1, 0.15) is 11.6 Å². The lowest BCUT2D eigenvalue weighted by atomic mass is 10.1. The number of benzene rings is 1. The summed E-state index contributed by atoms with van der Waals surface area (Å²) in [6.45, 7) is -0.364. The Labute approximate surface area is 90.3 Å². The Morgan fingerprint density at radius 1 is 1.44 bits per heavy atom. The molecule has 1 aromatic rings. The zero-order valence-corrected chi connectivity index (χ0v) is 8.28. The fourth-order valence-corrected chi connectivity index (χ4v) is 1.84. The van der Waals surface area contributed by atoms with Gasteiger partial charge in [-0.3, -0.25) is 4.79 Å². The van der Waals surface area contributed by atoms with Gasteiger partial charge in [0.15, 0.2) is 0 Å². The zero-order valence-electron chi connectivity index (χ0n) is 8.28. The molecule has 1 heterocycles. The van der Waals surface area contributed by atoms with E-state index < -0.39 is 23.6 Å². The molecule has 6 heteroatoms. The third-order valence-corrected chi connectivity index (χ3v) is 2.52. The van der Waals surface area contributed by atoms with Gasteiger partial charge in [0.2, 0.25) is 5.91 Å². The largest absolute Gasteiger partial charge is 0.395 e. The van der Waals surface area contributed by atoms with E-state index in [4.69, 9.17) is 10.8 Å². The Morgan fingerprint density at radius 2 is 2.12 bits per heavy atom. The quantitative estimate of drug-likeness (QED) is 0.765. The van der Waals surface area contributed by atoms with Crippen molar-refractivity contribution in [2.45, 2.75) is 6.04 Å². The van der Waals surface area contributed by atoms with Gasteiger partial charge < -0.3 is 15.7 Å². The number of nitrogens with zero attached hydrogens (tertiary/aromatic N) is 1. The standard InChI is InChI=1S/C10H10F2N2O2/c11-5-3-6-8(13)10(16)14(1-2-15)9(6)7(12)4-5/h3-4,8,15H,1-2,13H2. The molecule has 0 radical (unpaired) electrons. The molecule has 0 bridgehead atoms. The molecule has 0 aliphatic carbocycles. The van der Waals surface area contributed by atoms with Crippen LogP contribution in [0.3, 0.4) is 0 Å². The molecule has 1 amide bonds. The first-order valence-corrected chi connectivity index (χ1v) is 4.73. The fourth-order valence-electron chi connectivity index (χ4n) is 1.84. The average molecular weight is 228 g/mol. The van der Waals surface area contributed by atoms with Gasteiger partial charge in [0.1, 0.15) is 17.7 Å². The molecule has 3 N–H and O–H groups in total. The van der Waals surface area contributed by atoms with E-state index in [-0.39, 0.29) is 24.4 Å². The first-order chi connectivity index (χ1) is 7.56. The van der Waals surface area contributed by atoms with Crippen LogP contribution in [-0.2, 0) is 4.79 Å². The first kappa shape index (κ1) is 11.0. The second-order valence-corrected chi connectivity index (χ2v) is 3.52. The van der Waals surface area contributed by atoms with E-state index in [2.05, 4.69) is 0 Å². The van der Waals surface area contributed by atoms with Crippen LogP contribution < -0.4 is 10.6 Å². The number of anilines is 1. The summed E-state index contributed by atoms with van der Waals surface area (Å²) in [5, 5.41) is 8.77. The molecule has 0 fully saturated rings.